The molecule has 27 heavy (non-hydrogen) atoms. The maximum Gasteiger partial charge on any atom is 0.220 e. The Morgan fingerprint density at radius 1 is 0.963 bits per heavy atom. The summed E-state index contributed by atoms with van der Waals surface area (Å²) in [7, 11) is 1.64. The van der Waals surface area contributed by atoms with Gasteiger partial charge in [-0.1, -0.05) is 57.2 Å². The molecule has 0 saturated heterocycles. The molecule has 2 unspecified atom stereocenters. The molecule has 0 aromatic heterocycles. The molecule has 2 aromatic carbocycles. The van der Waals surface area contributed by atoms with E-state index in [1.54, 1.807) is 7.11 Å². The van der Waals surface area contributed by atoms with E-state index in [-0.39, 0.29) is 30.3 Å². The molecule has 4 nitrogen and oxygen atoms in total. The smallest absolute Gasteiger partial charge is 0.220 e. The fourth-order valence-corrected chi connectivity index (χ4v) is 2.87. The van der Waals surface area contributed by atoms with Crippen LogP contribution in [0.1, 0.15) is 61.8 Å². The predicted octanol–water partition coefficient (Wildman–Crippen LogP) is 4.55. The van der Waals surface area contributed by atoms with Gasteiger partial charge >= 0.3 is 0 Å². The lowest BCUT2D eigenvalue weighted by Crippen LogP contribution is -2.32. The molecule has 2 aromatic rings. The van der Waals surface area contributed by atoms with E-state index in [0.717, 1.165) is 16.9 Å². The van der Waals surface area contributed by atoms with Crippen LogP contribution in [0.5, 0.6) is 5.75 Å². The largest absolute Gasteiger partial charge is 0.497 e. The van der Waals surface area contributed by atoms with Gasteiger partial charge in [-0.25, -0.2) is 0 Å². The monoisotopic (exact) mass is 390 g/mol. The summed E-state index contributed by atoms with van der Waals surface area (Å²) in [6, 6.07) is 15.9. The van der Waals surface area contributed by atoms with Gasteiger partial charge in [-0.2, -0.15) is 0 Å². The third kappa shape index (κ3) is 6.89. The normalized spacial score (nSPS) is 12.8. The molecule has 0 saturated carbocycles. The van der Waals surface area contributed by atoms with E-state index in [4.69, 9.17) is 10.5 Å². The first-order valence-corrected chi connectivity index (χ1v) is 9.16. The number of methoxy groups -OCH3 is 1. The van der Waals surface area contributed by atoms with Gasteiger partial charge in [0.05, 0.1) is 7.11 Å². The van der Waals surface area contributed by atoms with Crippen LogP contribution in [-0.4, -0.2) is 19.6 Å². The highest BCUT2D eigenvalue weighted by molar-refractivity contribution is 5.85. The second kappa shape index (κ2) is 11.0. The summed E-state index contributed by atoms with van der Waals surface area (Å²) in [6.45, 7) is 6.82. The predicted molar refractivity (Wildman–Crippen MR) is 114 cm³/mol. The highest BCUT2D eigenvalue weighted by atomic mass is 35.5. The van der Waals surface area contributed by atoms with Gasteiger partial charge in [0, 0.05) is 19.0 Å². The fraction of sp³-hybridized carbons (Fsp3) is 0.409. The first kappa shape index (κ1) is 23.0. The van der Waals surface area contributed by atoms with Crippen molar-refractivity contribution in [3.8, 4) is 5.75 Å². The van der Waals surface area contributed by atoms with E-state index < -0.39 is 0 Å². The summed E-state index contributed by atoms with van der Waals surface area (Å²) in [5, 5.41) is 2.95. The zero-order chi connectivity index (χ0) is 19.1. The topological polar surface area (TPSA) is 64.3 Å². The number of nitrogens with one attached hydrogen (secondary N) is 1. The van der Waals surface area contributed by atoms with Gasteiger partial charge in [0.2, 0.25) is 5.91 Å². The van der Waals surface area contributed by atoms with Crippen LogP contribution in [0.3, 0.4) is 0 Å². The number of ether oxygens (including phenoxy) is 1. The number of hydrogen-bond donors (Lipinski definition) is 2. The quantitative estimate of drug-likeness (QED) is 0.694. The van der Waals surface area contributed by atoms with Gasteiger partial charge < -0.3 is 15.8 Å². The van der Waals surface area contributed by atoms with Crippen LogP contribution in [0.4, 0.5) is 0 Å². The summed E-state index contributed by atoms with van der Waals surface area (Å²) in [4.78, 5) is 12.2. The van der Waals surface area contributed by atoms with Crippen molar-refractivity contribution in [1.82, 2.24) is 5.32 Å². The van der Waals surface area contributed by atoms with Crippen LogP contribution >= 0.6 is 12.4 Å². The van der Waals surface area contributed by atoms with Gasteiger partial charge in [0.1, 0.15) is 5.75 Å². The van der Waals surface area contributed by atoms with E-state index in [9.17, 15) is 4.79 Å². The standard InChI is InChI=1S/C22H30N2O2.ClH/c1-15(2)17-5-7-19(8-6-17)21(23)14-24-22(25)13-16(3)18-9-11-20(26-4)12-10-18;/h5-12,15-16,21H,13-14,23H2,1-4H3,(H,24,25);1H. The number of benzene rings is 2. The Bertz CT molecular complexity index is 699. The lowest BCUT2D eigenvalue weighted by atomic mass is 9.97. The van der Waals surface area contributed by atoms with Gasteiger partial charge in [0.15, 0.2) is 0 Å². The number of carbonyl (C=O) groups is 1. The molecule has 2 rings (SSSR count). The minimum Gasteiger partial charge on any atom is -0.497 e. The Morgan fingerprint density at radius 2 is 1.48 bits per heavy atom. The van der Waals surface area contributed by atoms with Crippen LogP contribution in [0.15, 0.2) is 48.5 Å². The Labute approximate surface area is 168 Å². The minimum atomic E-state index is -0.198. The van der Waals surface area contributed by atoms with Crippen molar-refractivity contribution in [2.75, 3.05) is 13.7 Å². The summed E-state index contributed by atoms with van der Waals surface area (Å²) >= 11 is 0. The number of amides is 1. The van der Waals surface area contributed by atoms with Gasteiger partial charge in [-0.3, -0.25) is 4.79 Å². The van der Waals surface area contributed by atoms with Crippen molar-refractivity contribution in [2.24, 2.45) is 5.73 Å². The second-order valence-corrected chi connectivity index (χ2v) is 7.11. The van der Waals surface area contributed by atoms with Crippen molar-refractivity contribution >= 4 is 18.3 Å². The zero-order valence-electron chi connectivity index (χ0n) is 16.6. The number of nitrogens with two attached hydrogens (primary N) is 1. The molecule has 0 heterocycles. The Kier molecular flexibility index (Phi) is 9.33. The van der Waals surface area contributed by atoms with E-state index in [1.165, 1.54) is 5.56 Å². The van der Waals surface area contributed by atoms with Crippen molar-refractivity contribution < 1.29 is 9.53 Å². The number of carbonyl (C=O) groups excluding carboxylic acids is 1. The second-order valence-electron chi connectivity index (χ2n) is 7.11. The maximum absolute atomic E-state index is 12.2. The van der Waals surface area contributed by atoms with E-state index >= 15 is 0 Å². The molecule has 1 amide bonds. The average Bonchev–Trinajstić information content (AvgIpc) is 2.66. The summed E-state index contributed by atoms with van der Waals surface area (Å²) < 4.78 is 5.16. The van der Waals surface area contributed by atoms with Crippen molar-refractivity contribution in [2.45, 2.75) is 45.1 Å². The molecule has 0 bridgehead atoms. The average molecular weight is 391 g/mol. The van der Waals surface area contributed by atoms with Gasteiger partial charge in [-0.15, -0.1) is 12.4 Å². The SMILES string of the molecule is COc1ccc(C(C)CC(=O)NCC(N)c2ccc(C(C)C)cc2)cc1.Cl. The molecule has 0 aliphatic heterocycles. The van der Waals surface area contributed by atoms with Crippen molar-refractivity contribution in [3.05, 3.63) is 65.2 Å². The molecule has 2 atom stereocenters. The van der Waals surface area contributed by atoms with E-state index in [0.29, 0.717) is 18.9 Å². The minimum absolute atomic E-state index is 0. The first-order chi connectivity index (χ1) is 12.4. The third-order valence-corrected chi connectivity index (χ3v) is 4.73. The van der Waals surface area contributed by atoms with Crippen LogP contribution < -0.4 is 15.8 Å². The first-order valence-electron chi connectivity index (χ1n) is 9.16. The van der Waals surface area contributed by atoms with Crippen LogP contribution in [-0.2, 0) is 4.79 Å². The highest BCUT2D eigenvalue weighted by Crippen LogP contribution is 2.22. The number of halogens is 1. The Balaban J connectivity index is 0.00000364. The fourth-order valence-electron chi connectivity index (χ4n) is 2.87. The molecule has 3 N–H and O–H groups in total. The van der Waals surface area contributed by atoms with Crippen LogP contribution in [0.2, 0.25) is 0 Å². The maximum atomic E-state index is 12.2. The lowest BCUT2D eigenvalue weighted by Gasteiger charge is -2.16. The summed E-state index contributed by atoms with van der Waals surface area (Å²) in [5.74, 6) is 1.48. The van der Waals surface area contributed by atoms with E-state index in [2.05, 4.69) is 31.3 Å². The molecular formula is C22H31ClN2O2. The van der Waals surface area contributed by atoms with Gasteiger partial charge in [0.25, 0.3) is 0 Å². The molecule has 0 fully saturated rings. The van der Waals surface area contributed by atoms with Crippen molar-refractivity contribution in [1.29, 1.82) is 0 Å². The third-order valence-electron chi connectivity index (χ3n) is 4.73. The van der Waals surface area contributed by atoms with Crippen LogP contribution in [0, 0.1) is 0 Å². The number of rotatable bonds is 8. The van der Waals surface area contributed by atoms with Crippen LogP contribution in [0.25, 0.3) is 0 Å². The van der Waals surface area contributed by atoms with Gasteiger partial charge in [-0.05, 0) is 40.7 Å². The zero-order valence-corrected chi connectivity index (χ0v) is 17.4. The molecule has 0 radical (unpaired) electrons. The molecule has 148 valence electrons. The Hall–Kier alpha value is -2.04. The van der Waals surface area contributed by atoms with Crippen molar-refractivity contribution in [3.63, 3.8) is 0 Å². The lowest BCUT2D eigenvalue weighted by molar-refractivity contribution is -0.121. The number of hydrogen-bond acceptors (Lipinski definition) is 3. The summed E-state index contributed by atoms with van der Waals surface area (Å²) in [5.41, 5.74) is 9.66. The molecule has 0 aliphatic rings. The Morgan fingerprint density at radius 3 is 2.00 bits per heavy atom. The molecule has 5 heteroatoms. The molecule has 0 spiro atoms. The summed E-state index contributed by atoms with van der Waals surface area (Å²) in [6.07, 6.45) is 0.436. The highest BCUT2D eigenvalue weighted by Gasteiger charge is 2.13. The molecule has 0 aliphatic carbocycles. The van der Waals surface area contributed by atoms with E-state index in [1.807, 2.05) is 43.3 Å². The molecular weight excluding hydrogens is 360 g/mol.